The lowest BCUT2D eigenvalue weighted by atomic mass is 10.2. The molecule has 106 valence electrons. The minimum absolute atomic E-state index is 0.693. The molecule has 19 heavy (non-hydrogen) atoms. The van der Waals surface area contributed by atoms with Crippen molar-refractivity contribution >= 4 is 5.96 Å². The largest absolute Gasteiger partial charge is 0.494 e. The minimum Gasteiger partial charge on any atom is -0.494 e. The lowest BCUT2D eigenvalue weighted by Crippen LogP contribution is -2.37. The number of hydrogen-bond acceptors (Lipinski definition) is 2. The highest BCUT2D eigenvalue weighted by Crippen LogP contribution is 2.11. The highest BCUT2D eigenvalue weighted by atomic mass is 16.5. The number of benzene rings is 1. The Balaban J connectivity index is 2.22. The van der Waals surface area contributed by atoms with Gasteiger partial charge in [-0.2, -0.15) is 0 Å². The second-order valence-corrected chi connectivity index (χ2v) is 4.31. The fourth-order valence-electron chi connectivity index (χ4n) is 1.59. The van der Waals surface area contributed by atoms with Crippen LogP contribution in [0.15, 0.2) is 29.3 Å². The highest BCUT2D eigenvalue weighted by Gasteiger charge is 1.95. The Kier molecular flexibility index (Phi) is 7.47. The summed E-state index contributed by atoms with van der Waals surface area (Å²) in [5, 5.41) is 6.39. The average Bonchev–Trinajstić information content (AvgIpc) is 2.41. The van der Waals surface area contributed by atoms with Crippen LogP contribution in [-0.2, 0) is 0 Å². The second kappa shape index (κ2) is 9.25. The highest BCUT2D eigenvalue weighted by molar-refractivity contribution is 5.79. The maximum Gasteiger partial charge on any atom is 0.191 e. The fraction of sp³-hybridized carbons (Fsp3) is 0.533. The Labute approximate surface area is 116 Å². The van der Waals surface area contributed by atoms with Crippen LogP contribution in [0.3, 0.4) is 0 Å². The van der Waals surface area contributed by atoms with Gasteiger partial charge in [-0.05, 0) is 32.9 Å². The third kappa shape index (κ3) is 6.70. The molecule has 4 nitrogen and oxygen atoms in total. The number of rotatable bonds is 7. The molecule has 0 saturated heterocycles. The third-order valence-corrected chi connectivity index (χ3v) is 2.55. The van der Waals surface area contributed by atoms with Crippen molar-refractivity contribution in [1.29, 1.82) is 0 Å². The predicted octanol–water partition coefficient (Wildman–Crippen LogP) is 2.34. The number of nitrogens with zero attached hydrogens (tertiary/aromatic N) is 1. The molecule has 0 radical (unpaired) electrons. The van der Waals surface area contributed by atoms with Crippen LogP contribution in [-0.4, -0.2) is 32.2 Å². The Morgan fingerprint density at radius 1 is 1.11 bits per heavy atom. The lowest BCUT2D eigenvalue weighted by Gasteiger charge is -2.09. The average molecular weight is 263 g/mol. The van der Waals surface area contributed by atoms with E-state index in [2.05, 4.69) is 48.5 Å². The van der Waals surface area contributed by atoms with Crippen molar-refractivity contribution in [2.45, 2.75) is 27.2 Å². The SMILES string of the molecule is CCNC(=NCCCOc1ccc(C)cc1)NCC. The monoisotopic (exact) mass is 263 g/mol. The van der Waals surface area contributed by atoms with Crippen LogP contribution in [0.5, 0.6) is 5.75 Å². The molecule has 0 aliphatic rings. The second-order valence-electron chi connectivity index (χ2n) is 4.31. The first-order valence-corrected chi connectivity index (χ1v) is 6.98. The molecule has 0 aliphatic heterocycles. The summed E-state index contributed by atoms with van der Waals surface area (Å²) in [5.74, 6) is 1.80. The Hall–Kier alpha value is -1.71. The van der Waals surface area contributed by atoms with Gasteiger partial charge in [0.05, 0.1) is 6.61 Å². The first kappa shape index (κ1) is 15.3. The van der Waals surface area contributed by atoms with Gasteiger partial charge in [0.2, 0.25) is 0 Å². The topological polar surface area (TPSA) is 45.7 Å². The van der Waals surface area contributed by atoms with E-state index < -0.39 is 0 Å². The van der Waals surface area contributed by atoms with Gasteiger partial charge in [0.15, 0.2) is 5.96 Å². The van der Waals surface area contributed by atoms with E-state index in [1.54, 1.807) is 0 Å². The summed E-state index contributed by atoms with van der Waals surface area (Å²) >= 11 is 0. The molecule has 4 heteroatoms. The van der Waals surface area contributed by atoms with Gasteiger partial charge in [-0.3, -0.25) is 4.99 Å². The summed E-state index contributed by atoms with van der Waals surface area (Å²) in [7, 11) is 0. The standard InChI is InChI=1S/C15H25N3O/c1-4-16-15(17-5-2)18-11-6-12-19-14-9-7-13(3)8-10-14/h7-10H,4-6,11-12H2,1-3H3,(H2,16,17,18). The number of nitrogens with one attached hydrogen (secondary N) is 2. The quantitative estimate of drug-likeness (QED) is 0.451. The summed E-state index contributed by atoms with van der Waals surface area (Å²) in [6.45, 7) is 9.42. The van der Waals surface area contributed by atoms with Crippen molar-refractivity contribution in [3.8, 4) is 5.75 Å². The molecule has 0 aliphatic carbocycles. The zero-order valence-electron chi connectivity index (χ0n) is 12.2. The van der Waals surface area contributed by atoms with E-state index in [9.17, 15) is 0 Å². The smallest absolute Gasteiger partial charge is 0.191 e. The molecule has 1 rings (SSSR count). The van der Waals surface area contributed by atoms with Crippen LogP contribution in [0.4, 0.5) is 0 Å². The zero-order valence-corrected chi connectivity index (χ0v) is 12.2. The minimum atomic E-state index is 0.693. The van der Waals surface area contributed by atoms with Crippen LogP contribution in [0.25, 0.3) is 0 Å². The van der Waals surface area contributed by atoms with E-state index >= 15 is 0 Å². The van der Waals surface area contributed by atoms with Gasteiger partial charge in [0.1, 0.15) is 5.75 Å². The molecule has 0 atom stereocenters. The Morgan fingerprint density at radius 2 is 1.74 bits per heavy atom. The van der Waals surface area contributed by atoms with Crippen molar-refractivity contribution in [1.82, 2.24) is 10.6 Å². The molecule has 0 bridgehead atoms. The van der Waals surface area contributed by atoms with E-state index in [4.69, 9.17) is 4.74 Å². The third-order valence-electron chi connectivity index (χ3n) is 2.55. The number of ether oxygens (including phenoxy) is 1. The number of guanidine groups is 1. The van der Waals surface area contributed by atoms with Gasteiger partial charge in [-0.1, -0.05) is 17.7 Å². The summed E-state index contributed by atoms with van der Waals surface area (Å²) in [4.78, 5) is 4.46. The maximum atomic E-state index is 5.65. The molecular weight excluding hydrogens is 238 g/mol. The van der Waals surface area contributed by atoms with Crippen molar-refractivity contribution in [3.63, 3.8) is 0 Å². The summed E-state index contributed by atoms with van der Waals surface area (Å²) in [6, 6.07) is 8.12. The van der Waals surface area contributed by atoms with E-state index in [0.717, 1.165) is 37.8 Å². The van der Waals surface area contributed by atoms with Gasteiger partial charge in [0.25, 0.3) is 0 Å². The molecule has 0 heterocycles. The van der Waals surface area contributed by atoms with Crippen molar-refractivity contribution in [2.75, 3.05) is 26.2 Å². The van der Waals surface area contributed by atoms with E-state index in [-0.39, 0.29) is 0 Å². The molecular formula is C15H25N3O. The molecule has 2 N–H and O–H groups in total. The van der Waals surface area contributed by atoms with Gasteiger partial charge in [0, 0.05) is 26.1 Å². The maximum absolute atomic E-state index is 5.65. The summed E-state index contributed by atoms with van der Waals surface area (Å²) < 4.78 is 5.65. The van der Waals surface area contributed by atoms with Crippen LogP contribution in [0.1, 0.15) is 25.8 Å². The van der Waals surface area contributed by atoms with Crippen LogP contribution < -0.4 is 15.4 Å². The predicted molar refractivity (Wildman–Crippen MR) is 80.9 cm³/mol. The van der Waals surface area contributed by atoms with Gasteiger partial charge in [-0.25, -0.2) is 0 Å². The van der Waals surface area contributed by atoms with Gasteiger partial charge >= 0.3 is 0 Å². The van der Waals surface area contributed by atoms with Crippen molar-refractivity contribution in [2.24, 2.45) is 4.99 Å². The van der Waals surface area contributed by atoms with Crippen LogP contribution >= 0.6 is 0 Å². The molecule has 1 aromatic rings. The normalized spacial score (nSPS) is 9.84. The Morgan fingerprint density at radius 3 is 2.32 bits per heavy atom. The molecule has 1 aromatic carbocycles. The molecule has 0 amide bonds. The van der Waals surface area contributed by atoms with Crippen LogP contribution in [0, 0.1) is 6.92 Å². The van der Waals surface area contributed by atoms with Crippen LogP contribution in [0.2, 0.25) is 0 Å². The lowest BCUT2D eigenvalue weighted by molar-refractivity contribution is 0.313. The molecule has 0 fully saturated rings. The first-order chi connectivity index (χ1) is 9.26. The fourth-order valence-corrected chi connectivity index (χ4v) is 1.59. The van der Waals surface area contributed by atoms with E-state index in [0.29, 0.717) is 6.61 Å². The van der Waals surface area contributed by atoms with E-state index in [1.807, 2.05) is 12.1 Å². The summed E-state index contributed by atoms with van der Waals surface area (Å²) in [5.41, 5.74) is 1.25. The van der Waals surface area contributed by atoms with Crippen molar-refractivity contribution < 1.29 is 4.74 Å². The van der Waals surface area contributed by atoms with Gasteiger partial charge < -0.3 is 15.4 Å². The zero-order chi connectivity index (χ0) is 13.9. The summed E-state index contributed by atoms with van der Waals surface area (Å²) in [6.07, 6.45) is 0.911. The Bertz CT molecular complexity index is 365. The molecule has 0 aromatic heterocycles. The molecule has 0 spiro atoms. The van der Waals surface area contributed by atoms with Gasteiger partial charge in [-0.15, -0.1) is 0 Å². The number of aliphatic imine (C=N–C) groups is 1. The van der Waals surface area contributed by atoms with E-state index in [1.165, 1.54) is 5.56 Å². The first-order valence-electron chi connectivity index (χ1n) is 6.98. The molecule has 0 unspecified atom stereocenters. The van der Waals surface area contributed by atoms with Crippen molar-refractivity contribution in [3.05, 3.63) is 29.8 Å². The number of aryl methyl sites for hydroxylation is 1. The molecule has 0 saturated carbocycles. The number of hydrogen-bond donors (Lipinski definition) is 2.